The predicted molar refractivity (Wildman–Crippen MR) is 153 cm³/mol. The Balaban J connectivity index is 1.78. The van der Waals surface area contributed by atoms with Gasteiger partial charge in [0, 0.05) is 48.2 Å². The standard InChI is InChI=1S/C30H37N5O3/c1-19-15-24(16-20(2)34-19)22-7-9-25-21(3)28(35(26(25)17-22)29(37)38-30(4,5)6)23-8-10-27(33-18-23)32-12-11-31-13-14-36/h7-10,15-18,31,36H,11-14H2,1-6H3,(H,32,33). The van der Waals surface area contributed by atoms with Gasteiger partial charge in [-0.3, -0.25) is 4.98 Å². The third kappa shape index (κ3) is 6.20. The molecule has 0 aliphatic carbocycles. The topological polar surface area (TPSA) is 101 Å². The van der Waals surface area contributed by atoms with Gasteiger partial charge in [-0.1, -0.05) is 12.1 Å². The molecule has 3 N–H and O–H groups in total. The quantitative estimate of drug-likeness (QED) is 0.268. The largest absolute Gasteiger partial charge is 0.443 e. The van der Waals surface area contributed by atoms with Crippen molar-refractivity contribution in [3.63, 3.8) is 0 Å². The predicted octanol–water partition coefficient (Wildman–Crippen LogP) is 5.47. The molecule has 0 fully saturated rings. The Bertz CT molecular complexity index is 1420. The highest BCUT2D eigenvalue weighted by atomic mass is 16.6. The van der Waals surface area contributed by atoms with Gasteiger partial charge in [0.15, 0.2) is 0 Å². The summed E-state index contributed by atoms with van der Waals surface area (Å²) in [5.41, 5.74) is 6.66. The van der Waals surface area contributed by atoms with E-state index in [2.05, 4.69) is 44.9 Å². The zero-order chi connectivity index (χ0) is 27.4. The maximum Gasteiger partial charge on any atom is 0.419 e. The normalized spacial score (nSPS) is 11.7. The molecule has 3 aromatic heterocycles. The van der Waals surface area contributed by atoms with Gasteiger partial charge in [0.1, 0.15) is 11.4 Å². The second-order valence-corrected chi connectivity index (χ2v) is 10.5. The van der Waals surface area contributed by atoms with Crippen molar-refractivity contribution in [3.05, 3.63) is 65.6 Å². The molecular formula is C30H37N5O3. The van der Waals surface area contributed by atoms with E-state index in [4.69, 9.17) is 9.84 Å². The summed E-state index contributed by atoms with van der Waals surface area (Å²) in [4.78, 5) is 22.7. The number of nitrogens with zero attached hydrogens (tertiary/aromatic N) is 3. The van der Waals surface area contributed by atoms with Gasteiger partial charge in [-0.15, -0.1) is 0 Å². The first-order valence-electron chi connectivity index (χ1n) is 12.9. The molecule has 38 heavy (non-hydrogen) atoms. The van der Waals surface area contributed by atoms with E-state index in [0.717, 1.165) is 62.6 Å². The smallest absolute Gasteiger partial charge is 0.419 e. The first-order chi connectivity index (χ1) is 18.1. The third-order valence-electron chi connectivity index (χ3n) is 6.15. The molecule has 8 nitrogen and oxygen atoms in total. The van der Waals surface area contributed by atoms with Crippen LogP contribution in [0.3, 0.4) is 0 Å². The van der Waals surface area contributed by atoms with E-state index >= 15 is 0 Å². The number of ether oxygens (including phenoxy) is 1. The zero-order valence-corrected chi connectivity index (χ0v) is 23.1. The summed E-state index contributed by atoms with van der Waals surface area (Å²) < 4.78 is 7.53. The molecule has 8 heteroatoms. The van der Waals surface area contributed by atoms with Gasteiger partial charge in [-0.2, -0.15) is 0 Å². The molecule has 0 atom stereocenters. The Labute approximate surface area is 224 Å². The number of carbonyl (C=O) groups is 1. The van der Waals surface area contributed by atoms with Crippen molar-refractivity contribution in [2.24, 2.45) is 0 Å². The van der Waals surface area contributed by atoms with Crippen molar-refractivity contribution in [2.75, 3.05) is 31.6 Å². The maximum absolute atomic E-state index is 13.6. The van der Waals surface area contributed by atoms with Gasteiger partial charge in [-0.25, -0.2) is 14.3 Å². The molecule has 200 valence electrons. The van der Waals surface area contributed by atoms with Crippen molar-refractivity contribution in [3.8, 4) is 22.4 Å². The fourth-order valence-electron chi connectivity index (χ4n) is 4.59. The Hall–Kier alpha value is -3.75. The molecule has 0 aliphatic rings. The van der Waals surface area contributed by atoms with Gasteiger partial charge >= 0.3 is 6.09 Å². The molecule has 4 aromatic rings. The maximum atomic E-state index is 13.6. The van der Waals surface area contributed by atoms with Crippen LogP contribution in [0.4, 0.5) is 10.6 Å². The summed E-state index contributed by atoms with van der Waals surface area (Å²) >= 11 is 0. The average Bonchev–Trinajstić information content (AvgIpc) is 3.14. The molecule has 3 heterocycles. The molecule has 0 saturated carbocycles. The number of carbonyl (C=O) groups excluding carboxylic acids is 1. The number of aliphatic hydroxyl groups excluding tert-OH is 1. The molecule has 4 rings (SSSR count). The molecule has 0 saturated heterocycles. The summed E-state index contributed by atoms with van der Waals surface area (Å²) in [7, 11) is 0. The number of pyridine rings is 2. The number of aryl methyl sites for hydroxylation is 3. The molecule has 0 unspecified atom stereocenters. The van der Waals surface area contributed by atoms with E-state index in [1.807, 2.05) is 59.7 Å². The molecule has 0 aliphatic heterocycles. The highest BCUT2D eigenvalue weighted by Gasteiger charge is 2.25. The number of benzene rings is 1. The summed E-state index contributed by atoms with van der Waals surface area (Å²) in [6.07, 6.45) is 1.35. The van der Waals surface area contributed by atoms with Crippen LogP contribution in [0.2, 0.25) is 0 Å². The molecule has 0 spiro atoms. The van der Waals surface area contributed by atoms with Gasteiger partial charge in [-0.05, 0) is 88.6 Å². The second kappa shape index (κ2) is 11.3. The van der Waals surface area contributed by atoms with E-state index in [-0.39, 0.29) is 6.61 Å². The van der Waals surface area contributed by atoms with E-state index in [1.54, 1.807) is 10.8 Å². The van der Waals surface area contributed by atoms with Crippen molar-refractivity contribution >= 4 is 22.8 Å². The van der Waals surface area contributed by atoms with E-state index in [0.29, 0.717) is 13.1 Å². The SMILES string of the molecule is Cc1cc(-c2ccc3c(C)c(-c4ccc(NCCNCCO)nc4)n(C(=O)OC(C)(C)C)c3c2)cc(C)n1. The first-order valence-corrected chi connectivity index (χ1v) is 12.9. The summed E-state index contributed by atoms with van der Waals surface area (Å²) in [5.74, 6) is 0.739. The summed E-state index contributed by atoms with van der Waals surface area (Å²) in [6.45, 7) is 13.7. The fraction of sp³-hybridized carbons (Fsp3) is 0.367. The van der Waals surface area contributed by atoms with Crippen LogP contribution in [0.25, 0.3) is 33.3 Å². The lowest BCUT2D eigenvalue weighted by molar-refractivity contribution is 0.0547. The number of hydrogen-bond acceptors (Lipinski definition) is 7. The number of fused-ring (bicyclic) bond motifs is 1. The minimum Gasteiger partial charge on any atom is -0.443 e. The van der Waals surface area contributed by atoms with Crippen LogP contribution < -0.4 is 10.6 Å². The summed E-state index contributed by atoms with van der Waals surface area (Å²) in [5, 5.41) is 16.3. The highest BCUT2D eigenvalue weighted by molar-refractivity contribution is 6.01. The Morgan fingerprint density at radius 1 is 0.947 bits per heavy atom. The lowest BCUT2D eigenvalue weighted by Gasteiger charge is -2.21. The molecule has 0 radical (unpaired) electrons. The van der Waals surface area contributed by atoms with Crippen molar-refractivity contribution in [1.82, 2.24) is 19.9 Å². The highest BCUT2D eigenvalue weighted by Crippen LogP contribution is 2.36. The van der Waals surface area contributed by atoms with Crippen molar-refractivity contribution in [1.29, 1.82) is 0 Å². The van der Waals surface area contributed by atoms with Crippen molar-refractivity contribution in [2.45, 2.75) is 47.1 Å². The number of anilines is 1. The van der Waals surface area contributed by atoms with Gasteiger partial charge in [0.2, 0.25) is 0 Å². The first kappa shape index (κ1) is 27.3. The van der Waals surface area contributed by atoms with Crippen LogP contribution in [-0.4, -0.2) is 57.6 Å². The average molecular weight is 516 g/mol. The van der Waals surface area contributed by atoms with Crippen LogP contribution in [0.5, 0.6) is 0 Å². The number of nitrogens with one attached hydrogen (secondary N) is 2. The number of aliphatic hydroxyl groups is 1. The number of rotatable bonds is 8. The fourth-order valence-corrected chi connectivity index (χ4v) is 4.59. The molecule has 1 aromatic carbocycles. The van der Waals surface area contributed by atoms with Gasteiger partial charge in [0.25, 0.3) is 0 Å². The lowest BCUT2D eigenvalue weighted by Crippen LogP contribution is -2.27. The Morgan fingerprint density at radius 2 is 1.66 bits per heavy atom. The minimum atomic E-state index is -0.647. The van der Waals surface area contributed by atoms with E-state index < -0.39 is 11.7 Å². The zero-order valence-electron chi connectivity index (χ0n) is 23.1. The number of hydrogen-bond donors (Lipinski definition) is 3. The van der Waals surface area contributed by atoms with Crippen LogP contribution >= 0.6 is 0 Å². The third-order valence-corrected chi connectivity index (χ3v) is 6.15. The monoisotopic (exact) mass is 515 g/mol. The van der Waals surface area contributed by atoms with Crippen LogP contribution in [0, 0.1) is 20.8 Å². The second-order valence-electron chi connectivity index (χ2n) is 10.5. The molecule has 0 bridgehead atoms. The Kier molecular flexibility index (Phi) is 8.14. The van der Waals surface area contributed by atoms with E-state index in [1.165, 1.54) is 0 Å². The van der Waals surface area contributed by atoms with Crippen LogP contribution in [-0.2, 0) is 4.74 Å². The van der Waals surface area contributed by atoms with Crippen molar-refractivity contribution < 1.29 is 14.6 Å². The summed E-state index contributed by atoms with van der Waals surface area (Å²) in [6, 6.07) is 14.2. The molecular weight excluding hydrogens is 478 g/mol. The number of aromatic nitrogens is 3. The van der Waals surface area contributed by atoms with Gasteiger partial charge < -0.3 is 20.5 Å². The molecule has 0 amide bonds. The van der Waals surface area contributed by atoms with E-state index in [9.17, 15) is 4.79 Å². The van der Waals surface area contributed by atoms with Gasteiger partial charge in [0.05, 0.1) is 17.8 Å². The Morgan fingerprint density at radius 3 is 2.29 bits per heavy atom. The minimum absolute atomic E-state index is 0.112. The van der Waals surface area contributed by atoms with Crippen LogP contribution in [0.1, 0.15) is 37.7 Å². The lowest BCUT2D eigenvalue weighted by atomic mass is 10.0. The van der Waals surface area contributed by atoms with Crippen LogP contribution in [0.15, 0.2) is 48.7 Å².